The first-order chi connectivity index (χ1) is 4.36. The molecule has 0 amide bonds. The van der Waals surface area contributed by atoms with Gasteiger partial charge in [-0.05, 0) is 6.07 Å². The molecule has 9 heavy (non-hydrogen) atoms. The SMILES string of the molecule is C=Cc1cc(C#N)cs1. The van der Waals surface area contributed by atoms with Crippen LogP contribution in [0.1, 0.15) is 10.4 Å². The molecule has 1 heterocycles. The molecule has 1 aromatic rings. The summed E-state index contributed by atoms with van der Waals surface area (Å²) in [6.45, 7) is 3.58. The van der Waals surface area contributed by atoms with Crippen molar-refractivity contribution in [2.24, 2.45) is 0 Å². The molecule has 0 aliphatic carbocycles. The summed E-state index contributed by atoms with van der Waals surface area (Å²) in [7, 11) is 0. The monoisotopic (exact) mass is 135 g/mol. The fourth-order valence-electron chi connectivity index (χ4n) is 0.518. The van der Waals surface area contributed by atoms with Gasteiger partial charge in [-0.25, -0.2) is 0 Å². The fraction of sp³-hybridized carbons (Fsp3) is 0. The Kier molecular flexibility index (Phi) is 1.66. The molecule has 0 aromatic carbocycles. The van der Waals surface area contributed by atoms with Gasteiger partial charge >= 0.3 is 0 Å². The third kappa shape index (κ3) is 1.18. The Hall–Kier alpha value is -1.07. The van der Waals surface area contributed by atoms with E-state index in [-0.39, 0.29) is 0 Å². The van der Waals surface area contributed by atoms with Gasteiger partial charge in [0.05, 0.1) is 5.56 Å². The molecule has 1 aromatic heterocycles. The van der Waals surface area contributed by atoms with Crippen LogP contribution < -0.4 is 0 Å². The molecular formula is C7H5NS. The second-order valence-corrected chi connectivity index (χ2v) is 2.50. The van der Waals surface area contributed by atoms with Gasteiger partial charge < -0.3 is 0 Å². The molecular weight excluding hydrogens is 130 g/mol. The molecule has 0 N–H and O–H groups in total. The normalized spacial score (nSPS) is 8.33. The summed E-state index contributed by atoms with van der Waals surface area (Å²) in [6.07, 6.45) is 1.74. The lowest BCUT2D eigenvalue weighted by Gasteiger charge is -1.72. The molecule has 1 rings (SSSR count). The van der Waals surface area contributed by atoms with E-state index in [1.165, 1.54) is 11.3 Å². The third-order valence-corrected chi connectivity index (χ3v) is 1.88. The highest BCUT2D eigenvalue weighted by Gasteiger charge is 1.91. The summed E-state index contributed by atoms with van der Waals surface area (Å²) in [6, 6.07) is 3.86. The first-order valence-electron chi connectivity index (χ1n) is 2.48. The van der Waals surface area contributed by atoms with Gasteiger partial charge in [0, 0.05) is 10.3 Å². The van der Waals surface area contributed by atoms with Crippen LogP contribution in [0, 0.1) is 11.3 Å². The lowest BCUT2D eigenvalue weighted by atomic mass is 10.3. The van der Waals surface area contributed by atoms with E-state index in [0.717, 1.165) is 10.4 Å². The van der Waals surface area contributed by atoms with E-state index in [1.54, 1.807) is 6.08 Å². The van der Waals surface area contributed by atoms with Gasteiger partial charge in [-0.15, -0.1) is 11.3 Å². The van der Waals surface area contributed by atoms with Crippen LogP contribution >= 0.6 is 11.3 Å². The van der Waals surface area contributed by atoms with Crippen molar-refractivity contribution in [2.45, 2.75) is 0 Å². The largest absolute Gasteiger partial charge is 0.192 e. The van der Waals surface area contributed by atoms with E-state index in [0.29, 0.717) is 0 Å². The van der Waals surface area contributed by atoms with Crippen LogP contribution in [0.2, 0.25) is 0 Å². The Balaban J connectivity index is 3.03. The van der Waals surface area contributed by atoms with Gasteiger partial charge in [0.2, 0.25) is 0 Å². The van der Waals surface area contributed by atoms with Crippen LogP contribution in [-0.2, 0) is 0 Å². The fourth-order valence-corrected chi connectivity index (χ4v) is 1.19. The predicted molar refractivity (Wildman–Crippen MR) is 39.1 cm³/mol. The van der Waals surface area contributed by atoms with Gasteiger partial charge in [0.1, 0.15) is 6.07 Å². The number of hydrogen-bond acceptors (Lipinski definition) is 2. The molecule has 0 unspecified atom stereocenters. The maximum Gasteiger partial charge on any atom is 0.100 e. The van der Waals surface area contributed by atoms with Gasteiger partial charge in [-0.1, -0.05) is 12.7 Å². The maximum atomic E-state index is 8.37. The Morgan fingerprint density at radius 2 is 2.56 bits per heavy atom. The van der Waals surface area contributed by atoms with E-state index < -0.39 is 0 Å². The molecule has 0 fully saturated rings. The van der Waals surface area contributed by atoms with Crippen LogP contribution in [0.5, 0.6) is 0 Å². The summed E-state index contributed by atoms with van der Waals surface area (Å²) >= 11 is 1.53. The van der Waals surface area contributed by atoms with Gasteiger partial charge in [-0.3, -0.25) is 0 Å². The van der Waals surface area contributed by atoms with E-state index in [2.05, 4.69) is 6.58 Å². The first kappa shape index (κ1) is 6.06. The van der Waals surface area contributed by atoms with Crippen molar-refractivity contribution in [1.29, 1.82) is 5.26 Å². The Morgan fingerprint density at radius 1 is 1.78 bits per heavy atom. The lowest BCUT2D eigenvalue weighted by molar-refractivity contribution is 1.51. The van der Waals surface area contributed by atoms with Crippen LogP contribution in [0.25, 0.3) is 6.08 Å². The van der Waals surface area contributed by atoms with E-state index in [4.69, 9.17) is 5.26 Å². The second-order valence-electron chi connectivity index (χ2n) is 1.55. The van der Waals surface area contributed by atoms with Crippen molar-refractivity contribution >= 4 is 17.4 Å². The van der Waals surface area contributed by atoms with Crippen molar-refractivity contribution in [3.05, 3.63) is 28.5 Å². The molecule has 44 valence electrons. The Morgan fingerprint density at radius 3 is 2.89 bits per heavy atom. The number of thiophene rings is 1. The van der Waals surface area contributed by atoms with Crippen molar-refractivity contribution in [3.8, 4) is 6.07 Å². The molecule has 0 aliphatic rings. The molecule has 0 spiro atoms. The minimum Gasteiger partial charge on any atom is -0.192 e. The predicted octanol–water partition coefficient (Wildman–Crippen LogP) is 2.26. The van der Waals surface area contributed by atoms with Gasteiger partial charge in [-0.2, -0.15) is 5.26 Å². The number of hydrogen-bond donors (Lipinski definition) is 0. The van der Waals surface area contributed by atoms with Crippen molar-refractivity contribution in [1.82, 2.24) is 0 Å². The lowest BCUT2D eigenvalue weighted by Crippen LogP contribution is -1.58. The molecule has 0 atom stereocenters. The second kappa shape index (κ2) is 2.47. The first-order valence-corrected chi connectivity index (χ1v) is 3.36. The van der Waals surface area contributed by atoms with E-state index in [9.17, 15) is 0 Å². The van der Waals surface area contributed by atoms with Crippen molar-refractivity contribution < 1.29 is 0 Å². The highest BCUT2D eigenvalue weighted by Crippen LogP contribution is 2.13. The molecule has 0 radical (unpaired) electrons. The Bertz CT molecular complexity index is 254. The molecule has 0 aliphatic heterocycles. The maximum absolute atomic E-state index is 8.37. The number of nitriles is 1. The molecule has 0 saturated heterocycles. The highest BCUT2D eigenvalue weighted by atomic mass is 32.1. The minimum atomic E-state index is 0.718. The van der Waals surface area contributed by atoms with Crippen molar-refractivity contribution in [3.63, 3.8) is 0 Å². The number of nitrogens with zero attached hydrogens (tertiary/aromatic N) is 1. The molecule has 0 saturated carbocycles. The number of rotatable bonds is 1. The van der Waals surface area contributed by atoms with E-state index >= 15 is 0 Å². The summed E-state index contributed by atoms with van der Waals surface area (Å²) in [5.41, 5.74) is 0.718. The quantitative estimate of drug-likeness (QED) is 0.579. The minimum absolute atomic E-state index is 0.718. The van der Waals surface area contributed by atoms with Crippen LogP contribution in [0.4, 0.5) is 0 Å². The smallest absolute Gasteiger partial charge is 0.100 e. The van der Waals surface area contributed by atoms with Gasteiger partial charge in [0.15, 0.2) is 0 Å². The van der Waals surface area contributed by atoms with Crippen LogP contribution in [0.3, 0.4) is 0 Å². The average molecular weight is 135 g/mol. The Labute approximate surface area is 57.9 Å². The van der Waals surface area contributed by atoms with Crippen LogP contribution in [0.15, 0.2) is 18.0 Å². The molecule has 1 nitrogen and oxygen atoms in total. The zero-order chi connectivity index (χ0) is 6.69. The summed E-state index contributed by atoms with van der Waals surface area (Å²) < 4.78 is 0. The van der Waals surface area contributed by atoms with Crippen molar-refractivity contribution in [2.75, 3.05) is 0 Å². The molecule has 2 heteroatoms. The highest BCUT2D eigenvalue weighted by molar-refractivity contribution is 7.11. The van der Waals surface area contributed by atoms with Crippen LogP contribution in [-0.4, -0.2) is 0 Å². The van der Waals surface area contributed by atoms with Gasteiger partial charge in [0.25, 0.3) is 0 Å². The topological polar surface area (TPSA) is 23.8 Å². The summed E-state index contributed by atoms with van der Waals surface area (Å²) in [4.78, 5) is 1.05. The average Bonchev–Trinajstić information content (AvgIpc) is 2.34. The van der Waals surface area contributed by atoms with E-state index in [1.807, 2.05) is 17.5 Å². The standard InChI is InChI=1S/C7H5NS/c1-2-7-3-6(4-8)5-9-7/h2-3,5H,1H2. The third-order valence-electron chi connectivity index (χ3n) is 0.950. The zero-order valence-corrected chi connectivity index (χ0v) is 5.61. The summed E-state index contributed by atoms with van der Waals surface area (Å²) in [5.74, 6) is 0. The summed E-state index contributed by atoms with van der Waals surface area (Å²) in [5, 5.41) is 10.2. The molecule has 0 bridgehead atoms. The zero-order valence-electron chi connectivity index (χ0n) is 4.79.